The lowest BCUT2D eigenvalue weighted by molar-refractivity contribution is -0.273. The van der Waals surface area contributed by atoms with Crippen LogP contribution in [0.4, 0.5) is 0 Å². The molecule has 0 aromatic heterocycles. The molecule has 4 aliphatic carbocycles. The van der Waals surface area contributed by atoms with Crippen molar-refractivity contribution in [3.8, 4) is 0 Å². The van der Waals surface area contributed by atoms with Gasteiger partial charge in [-0.2, -0.15) is 0 Å². The third-order valence-electron chi connectivity index (χ3n) is 12.0. The summed E-state index contributed by atoms with van der Waals surface area (Å²) in [5.74, 6) is 4.21. The van der Waals surface area contributed by atoms with Gasteiger partial charge in [0.25, 0.3) is 0 Å². The van der Waals surface area contributed by atoms with Gasteiger partial charge in [0.2, 0.25) is 0 Å². The predicted octanol–water partition coefficient (Wildman–Crippen LogP) is 4.76. The highest BCUT2D eigenvalue weighted by atomic mass is 16.7. The van der Waals surface area contributed by atoms with Crippen molar-refractivity contribution in [1.82, 2.24) is 0 Å². The number of hydrogen-bond acceptors (Lipinski definition) is 4. The van der Waals surface area contributed by atoms with E-state index in [0.717, 1.165) is 37.7 Å². The van der Waals surface area contributed by atoms with Crippen LogP contribution in [0.5, 0.6) is 0 Å². The minimum atomic E-state index is -0.537. The first-order chi connectivity index (χ1) is 14.7. The number of aliphatic hydroxyl groups is 2. The first-order valence-corrected chi connectivity index (χ1v) is 13.4. The molecule has 2 aliphatic heterocycles. The van der Waals surface area contributed by atoms with Crippen LogP contribution in [0.1, 0.15) is 85.5 Å². The van der Waals surface area contributed by atoms with Gasteiger partial charge in [0.1, 0.15) is 0 Å². The summed E-state index contributed by atoms with van der Waals surface area (Å²) >= 11 is 0. The first-order valence-electron chi connectivity index (χ1n) is 13.4. The van der Waals surface area contributed by atoms with Crippen LogP contribution in [0.2, 0.25) is 0 Å². The molecule has 6 rings (SSSR count). The smallest absolute Gasteiger partial charge is 0.171 e. The molecule has 0 aromatic rings. The van der Waals surface area contributed by atoms with Crippen LogP contribution in [-0.2, 0) is 9.47 Å². The molecular formula is C27H44O4. The molecule has 4 nitrogen and oxygen atoms in total. The van der Waals surface area contributed by atoms with Gasteiger partial charge in [-0.25, -0.2) is 0 Å². The van der Waals surface area contributed by atoms with E-state index in [1.807, 2.05) is 0 Å². The van der Waals surface area contributed by atoms with Crippen LogP contribution >= 0.6 is 0 Å². The highest BCUT2D eigenvalue weighted by molar-refractivity contribution is 5.15. The van der Waals surface area contributed by atoms with Gasteiger partial charge in [-0.1, -0.05) is 27.7 Å². The summed E-state index contributed by atoms with van der Waals surface area (Å²) in [5, 5.41) is 20.9. The number of ether oxygens (including phenoxy) is 2. The molecule has 2 heterocycles. The summed E-state index contributed by atoms with van der Waals surface area (Å²) in [7, 11) is 0. The summed E-state index contributed by atoms with van der Waals surface area (Å²) < 4.78 is 13.3. The number of aliphatic hydroxyl groups excluding tert-OH is 2. The summed E-state index contributed by atoms with van der Waals surface area (Å²) in [6.45, 7) is 10.6. The van der Waals surface area contributed by atoms with Crippen molar-refractivity contribution in [2.24, 2.45) is 52.3 Å². The summed E-state index contributed by atoms with van der Waals surface area (Å²) in [6.07, 6.45) is 9.51. The Morgan fingerprint density at radius 3 is 2.39 bits per heavy atom. The zero-order valence-corrected chi connectivity index (χ0v) is 20.1. The Kier molecular flexibility index (Phi) is 4.78. The molecule has 4 saturated carbocycles. The zero-order valence-electron chi connectivity index (χ0n) is 20.1. The van der Waals surface area contributed by atoms with E-state index >= 15 is 0 Å². The van der Waals surface area contributed by atoms with Gasteiger partial charge in [0.15, 0.2) is 5.79 Å². The predicted molar refractivity (Wildman–Crippen MR) is 119 cm³/mol. The Labute approximate surface area is 188 Å². The Morgan fingerprint density at radius 1 is 0.839 bits per heavy atom. The third-order valence-corrected chi connectivity index (χ3v) is 12.0. The summed E-state index contributed by atoms with van der Waals surface area (Å²) in [4.78, 5) is 0. The van der Waals surface area contributed by atoms with Crippen molar-refractivity contribution in [3.05, 3.63) is 0 Å². The highest BCUT2D eigenvalue weighted by Crippen LogP contribution is 2.71. The average molecular weight is 433 g/mol. The molecule has 4 heteroatoms. The fourth-order valence-electron chi connectivity index (χ4n) is 10.3. The molecule has 2 saturated heterocycles. The summed E-state index contributed by atoms with van der Waals surface area (Å²) in [5.41, 5.74) is 0.550. The SMILES string of the molecule is C[C@H]1CC[C@@]2(OC1)O[C@H]1C[C@H]3[C@@H]4CC[C@H]5C[C@@H](O)[C@@H](O)C[C@]5(C)[C@H]4CC[C@]3(C)[C@H]1[C@H]2C. The van der Waals surface area contributed by atoms with Crippen LogP contribution in [0.3, 0.4) is 0 Å². The van der Waals surface area contributed by atoms with E-state index in [-0.39, 0.29) is 11.2 Å². The van der Waals surface area contributed by atoms with Crippen LogP contribution in [0.25, 0.3) is 0 Å². The molecule has 0 unspecified atom stereocenters. The normalized spacial score (nSPS) is 63.3. The van der Waals surface area contributed by atoms with Crippen molar-refractivity contribution in [1.29, 1.82) is 0 Å². The summed E-state index contributed by atoms with van der Waals surface area (Å²) in [6, 6.07) is 0. The van der Waals surface area contributed by atoms with E-state index in [9.17, 15) is 10.2 Å². The lowest BCUT2D eigenvalue weighted by Gasteiger charge is -2.61. The molecule has 0 radical (unpaired) electrons. The van der Waals surface area contributed by atoms with Crippen LogP contribution in [0, 0.1) is 52.3 Å². The van der Waals surface area contributed by atoms with E-state index in [2.05, 4.69) is 27.7 Å². The van der Waals surface area contributed by atoms with Crippen molar-refractivity contribution in [2.75, 3.05) is 6.61 Å². The maximum atomic E-state index is 10.6. The molecule has 13 atom stereocenters. The fraction of sp³-hybridized carbons (Fsp3) is 1.00. The second kappa shape index (κ2) is 6.93. The molecule has 6 fully saturated rings. The van der Waals surface area contributed by atoms with Crippen LogP contribution in [-0.4, -0.2) is 40.9 Å². The minimum Gasteiger partial charge on any atom is -0.390 e. The highest BCUT2D eigenvalue weighted by Gasteiger charge is 2.69. The molecule has 31 heavy (non-hydrogen) atoms. The third kappa shape index (κ3) is 2.80. The fourth-order valence-corrected chi connectivity index (χ4v) is 10.3. The van der Waals surface area contributed by atoms with Gasteiger partial charge in [0.05, 0.1) is 24.9 Å². The largest absolute Gasteiger partial charge is 0.390 e. The molecule has 176 valence electrons. The molecular weight excluding hydrogens is 388 g/mol. The van der Waals surface area contributed by atoms with E-state index in [1.165, 1.54) is 38.5 Å². The number of rotatable bonds is 0. The minimum absolute atomic E-state index is 0.191. The maximum absolute atomic E-state index is 10.6. The van der Waals surface area contributed by atoms with Crippen LogP contribution < -0.4 is 0 Å². The first kappa shape index (κ1) is 21.4. The van der Waals surface area contributed by atoms with Crippen molar-refractivity contribution in [3.63, 3.8) is 0 Å². The lowest BCUT2D eigenvalue weighted by atomic mass is 9.44. The van der Waals surface area contributed by atoms with Gasteiger partial charge in [-0.15, -0.1) is 0 Å². The molecule has 0 bridgehead atoms. The van der Waals surface area contributed by atoms with Gasteiger partial charge >= 0.3 is 0 Å². The van der Waals surface area contributed by atoms with Crippen molar-refractivity contribution >= 4 is 0 Å². The molecule has 6 aliphatic rings. The lowest BCUT2D eigenvalue weighted by Crippen LogP contribution is -2.57. The van der Waals surface area contributed by atoms with Crippen LogP contribution in [0.15, 0.2) is 0 Å². The van der Waals surface area contributed by atoms with Gasteiger partial charge in [-0.3, -0.25) is 0 Å². The molecule has 2 N–H and O–H groups in total. The van der Waals surface area contributed by atoms with E-state index in [0.29, 0.717) is 41.1 Å². The Balaban J connectivity index is 1.26. The quantitative estimate of drug-likeness (QED) is 0.579. The maximum Gasteiger partial charge on any atom is 0.171 e. The second-order valence-electron chi connectivity index (χ2n) is 13.2. The van der Waals surface area contributed by atoms with E-state index in [1.54, 1.807) is 0 Å². The standard InChI is InChI=1S/C27H44O4/c1-15-7-10-27(30-14-15)16(2)24-23(31-27)12-20-18-6-5-17-11-21(28)22(29)13-26(17,4)19(18)8-9-25(20,24)3/h15-24,28-29H,5-14H2,1-4H3/t15-,16+,17-,18+,19-,20-,21+,22-,23-,24-,25-,26-,27+/m0/s1. The second-order valence-corrected chi connectivity index (χ2v) is 13.2. The Morgan fingerprint density at radius 2 is 1.65 bits per heavy atom. The Bertz CT molecular complexity index is 716. The van der Waals surface area contributed by atoms with E-state index < -0.39 is 12.2 Å². The zero-order chi connectivity index (χ0) is 21.8. The van der Waals surface area contributed by atoms with Crippen molar-refractivity contribution in [2.45, 2.75) is 110 Å². The van der Waals surface area contributed by atoms with Crippen molar-refractivity contribution < 1.29 is 19.7 Å². The average Bonchev–Trinajstić information content (AvgIpc) is 3.16. The number of fused-ring (bicyclic) bond motifs is 7. The van der Waals surface area contributed by atoms with Gasteiger partial charge in [0, 0.05) is 12.3 Å². The topological polar surface area (TPSA) is 58.9 Å². The molecule has 0 aromatic carbocycles. The molecule has 0 amide bonds. The number of hydrogen-bond donors (Lipinski definition) is 2. The van der Waals surface area contributed by atoms with Gasteiger partial charge < -0.3 is 19.7 Å². The molecule has 1 spiro atoms. The van der Waals surface area contributed by atoms with E-state index in [4.69, 9.17) is 9.47 Å². The Hall–Kier alpha value is -0.160. The monoisotopic (exact) mass is 432 g/mol. The van der Waals surface area contributed by atoms with Gasteiger partial charge in [-0.05, 0) is 97.7 Å².